The third kappa shape index (κ3) is 4.21. The van der Waals surface area contributed by atoms with Crippen molar-refractivity contribution in [3.63, 3.8) is 0 Å². The van der Waals surface area contributed by atoms with Crippen LogP contribution < -0.4 is 10.5 Å². The van der Waals surface area contributed by atoms with E-state index in [1.165, 1.54) is 13.1 Å². The van der Waals surface area contributed by atoms with Crippen molar-refractivity contribution in [2.75, 3.05) is 0 Å². The highest BCUT2D eigenvalue weighted by Gasteiger charge is 2.69. The van der Waals surface area contributed by atoms with Crippen molar-refractivity contribution in [1.29, 1.82) is 5.26 Å². The Labute approximate surface area is 202 Å². The van der Waals surface area contributed by atoms with Crippen molar-refractivity contribution >= 4 is 22.0 Å². The molecule has 184 valence electrons. The lowest BCUT2D eigenvalue weighted by molar-refractivity contribution is -0.133. The smallest absolute Gasteiger partial charge is 0.252 e. The number of hydrogen-bond acceptors (Lipinski definition) is 6. The highest BCUT2D eigenvalue weighted by atomic mass is 32.2. The number of pyridine rings is 2. The van der Waals surface area contributed by atoms with Crippen LogP contribution in [-0.4, -0.2) is 41.0 Å². The van der Waals surface area contributed by atoms with Crippen molar-refractivity contribution in [3.05, 3.63) is 54.1 Å². The van der Waals surface area contributed by atoms with Crippen molar-refractivity contribution in [1.82, 2.24) is 14.7 Å². The molecular weight excluding hydrogens is 476 g/mol. The number of halogens is 2. The number of nitrogens with zero attached hydrogens (tertiary/aromatic N) is 3. The lowest BCUT2D eigenvalue weighted by atomic mass is 9.61. The summed E-state index contributed by atoms with van der Waals surface area (Å²) < 4.78 is 56.8. The van der Waals surface area contributed by atoms with Gasteiger partial charge in [-0.1, -0.05) is 19.1 Å². The van der Waals surface area contributed by atoms with Gasteiger partial charge in [-0.25, -0.2) is 26.9 Å². The maximum Gasteiger partial charge on any atom is 0.252 e. The topological polar surface area (TPSA) is 139 Å². The van der Waals surface area contributed by atoms with Gasteiger partial charge in [0.25, 0.3) is 5.92 Å². The average molecular weight is 502 g/mol. The van der Waals surface area contributed by atoms with E-state index in [0.717, 1.165) is 0 Å². The number of nitrogens with two attached hydrogens (primary N) is 1. The number of hydrogen-bond donors (Lipinski definition) is 2. The quantitative estimate of drug-likeness (QED) is 0.646. The van der Waals surface area contributed by atoms with Gasteiger partial charge in [0.15, 0.2) is 0 Å². The first kappa shape index (κ1) is 24.9. The van der Waals surface area contributed by atoms with Crippen LogP contribution in [0.4, 0.5) is 8.78 Å². The number of carbonyl (C=O) groups excluding carboxylic acids is 1. The Kier molecular flexibility index (Phi) is 6.23. The minimum Gasteiger partial charge on any atom is -0.370 e. The maximum atomic E-state index is 15.2. The summed E-state index contributed by atoms with van der Waals surface area (Å²) in [5.41, 5.74) is 7.34. The minimum atomic E-state index is -4.22. The maximum absolute atomic E-state index is 15.2. The molecule has 0 radical (unpaired) electrons. The molecule has 2 fully saturated rings. The van der Waals surface area contributed by atoms with Crippen LogP contribution in [0, 0.1) is 29.1 Å². The van der Waals surface area contributed by atoms with Crippen molar-refractivity contribution < 1.29 is 22.0 Å². The van der Waals surface area contributed by atoms with Gasteiger partial charge in [-0.2, -0.15) is 5.26 Å². The van der Waals surface area contributed by atoms with E-state index in [4.69, 9.17) is 5.73 Å². The van der Waals surface area contributed by atoms with Crippen LogP contribution in [-0.2, 0) is 14.8 Å². The van der Waals surface area contributed by atoms with Gasteiger partial charge >= 0.3 is 0 Å². The molecule has 0 aromatic carbocycles. The van der Waals surface area contributed by atoms with Crippen molar-refractivity contribution in [2.24, 2.45) is 23.5 Å². The zero-order valence-electron chi connectivity index (χ0n) is 19.2. The average Bonchev–Trinajstić information content (AvgIpc) is 2.97. The molecule has 1 amide bonds. The van der Waals surface area contributed by atoms with Gasteiger partial charge in [0.1, 0.15) is 16.5 Å². The van der Waals surface area contributed by atoms with E-state index >= 15 is 8.78 Å². The molecule has 0 bridgehead atoms. The number of aromatic nitrogens is 2. The Morgan fingerprint density at radius 1 is 1.31 bits per heavy atom. The first-order valence-electron chi connectivity index (χ1n) is 11.1. The van der Waals surface area contributed by atoms with E-state index in [1.807, 2.05) is 6.07 Å². The molecule has 0 unspecified atom stereocenters. The van der Waals surface area contributed by atoms with Crippen LogP contribution in [0.15, 0.2) is 42.7 Å². The van der Waals surface area contributed by atoms with Crippen LogP contribution in [0.25, 0.3) is 17.2 Å². The van der Waals surface area contributed by atoms with Crippen LogP contribution in [0.3, 0.4) is 0 Å². The number of rotatable bonds is 5. The number of carbonyl (C=O) groups is 1. The monoisotopic (exact) mass is 501 g/mol. The van der Waals surface area contributed by atoms with Crippen molar-refractivity contribution in [3.8, 4) is 17.2 Å². The summed E-state index contributed by atoms with van der Waals surface area (Å²) in [5, 5.41) is 9.26. The molecule has 4 rings (SSSR count). The molecule has 1 saturated heterocycles. The normalized spacial score (nSPS) is 31.1. The summed E-state index contributed by atoms with van der Waals surface area (Å²) in [4.78, 5) is 20.2. The Hall–Kier alpha value is -3.23. The Morgan fingerprint density at radius 2 is 2.06 bits per heavy atom. The molecule has 2 aromatic heterocycles. The van der Waals surface area contributed by atoms with Gasteiger partial charge < -0.3 is 5.73 Å². The molecule has 35 heavy (non-hydrogen) atoms. The standard InChI is InChI=1S/C24H25F2N5O3S/c1-14-18(8-7-17-6-5-16(12-30-17)19-4-3-9-29-20(19)11-27)22-15(2)31-35(33,34)23(22,10-21(28)32)13-24(14,25)26/h3-9,12,14-15,18,22,31H,10,13H2,1-2H3,(H2,28,32)/b8-7+/t14-,15+,18-,22-,23+/m0/s1. The number of alkyl halides is 2. The Balaban J connectivity index is 1.70. The summed E-state index contributed by atoms with van der Waals surface area (Å²) in [6, 6.07) is 8.24. The summed E-state index contributed by atoms with van der Waals surface area (Å²) >= 11 is 0. The molecular formula is C24H25F2N5O3S. The molecule has 11 heteroatoms. The molecule has 2 aliphatic rings. The summed E-state index contributed by atoms with van der Waals surface area (Å²) in [6.07, 6.45) is 4.57. The molecule has 5 atom stereocenters. The molecule has 1 saturated carbocycles. The fourth-order valence-electron chi connectivity index (χ4n) is 5.58. The number of sulfonamides is 1. The van der Waals surface area contributed by atoms with Crippen molar-refractivity contribution in [2.45, 2.75) is 43.4 Å². The van der Waals surface area contributed by atoms with Gasteiger partial charge in [-0.15, -0.1) is 0 Å². The summed E-state index contributed by atoms with van der Waals surface area (Å²) in [7, 11) is -4.22. The zero-order chi connectivity index (χ0) is 25.6. The largest absolute Gasteiger partial charge is 0.370 e. The summed E-state index contributed by atoms with van der Waals surface area (Å²) in [6.45, 7) is 3.01. The first-order chi connectivity index (χ1) is 16.4. The SMILES string of the molecule is C[C@H]1NS(=O)(=O)[C@]2(CC(N)=O)CC(F)(F)[C@@H](C)[C@H](/C=C/c3ccc(-c4cccnc4C#N)cn3)[C@H]12. The molecule has 2 aromatic rings. The number of nitriles is 1. The van der Waals surface area contributed by atoms with Crippen LogP contribution in [0.1, 0.15) is 38.1 Å². The van der Waals surface area contributed by atoms with Crippen LogP contribution in [0.5, 0.6) is 0 Å². The van der Waals surface area contributed by atoms with E-state index in [2.05, 4.69) is 14.7 Å². The van der Waals surface area contributed by atoms with E-state index < -0.39 is 63.2 Å². The second-order valence-corrected chi connectivity index (χ2v) is 11.3. The predicted octanol–water partition coefficient (Wildman–Crippen LogP) is 2.87. The molecule has 3 N–H and O–H groups in total. The number of fused-ring (bicyclic) bond motifs is 1. The summed E-state index contributed by atoms with van der Waals surface area (Å²) in [5.74, 6) is -7.07. The number of nitrogens with one attached hydrogen (secondary N) is 1. The fraction of sp³-hybridized carbons (Fsp3) is 0.417. The highest BCUT2D eigenvalue weighted by Crippen LogP contribution is 2.58. The molecule has 1 aliphatic carbocycles. The highest BCUT2D eigenvalue weighted by molar-refractivity contribution is 7.91. The molecule has 8 nitrogen and oxygen atoms in total. The Morgan fingerprint density at radius 3 is 2.69 bits per heavy atom. The Bertz CT molecular complexity index is 1320. The number of allylic oxidation sites excluding steroid dienone is 1. The van der Waals surface area contributed by atoms with Crippen LogP contribution >= 0.6 is 0 Å². The van der Waals surface area contributed by atoms with Gasteiger partial charge in [0.2, 0.25) is 15.9 Å². The third-order valence-corrected chi connectivity index (χ3v) is 9.50. The van der Waals surface area contributed by atoms with Crippen LogP contribution in [0.2, 0.25) is 0 Å². The zero-order valence-corrected chi connectivity index (χ0v) is 20.0. The molecule has 0 spiro atoms. The van der Waals surface area contributed by atoms with E-state index in [1.54, 1.807) is 49.5 Å². The fourth-order valence-corrected chi connectivity index (χ4v) is 7.88. The van der Waals surface area contributed by atoms with Gasteiger partial charge in [-0.05, 0) is 37.1 Å². The second-order valence-electron chi connectivity index (χ2n) is 9.29. The predicted molar refractivity (Wildman–Crippen MR) is 125 cm³/mol. The van der Waals surface area contributed by atoms with Gasteiger partial charge in [-0.3, -0.25) is 9.78 Å². The molecule has 3 heterocycles. The third-order valence-electron chi connectivity index (χ3n) is 7.19. The van der Waals surface area contributed by atoms with E-state index in [0.29, 0.717) is 16.8 Å². The van der Waals surface area contributed by atoms with Gasteiger partial charge in [0, 0.05) is 54.2 Å². The minimum absolute atomic E-state index is 0.255. The van der Waals surface area contributed by atoms with Gasteiger partial charge in [0.05, 0.1) is 5.69 Å². The lowest BCUT2D eigenvalue weighted by Gasteiger charge is -2.48. The molecule has 1 aliphatic heterocycles. The lowest BCUT2D eigenvalue weighted by Crippen LogP contribution is -2.58. The first-order valence-corrected chi connectivity index (χ1v) is 12.6. The van der Waals surface area contributed by atoms with E-state index in [9.17, 15) is 18.5 Å². The van der Waals surface area contributed by atoms with E-state index in [-0.39, 0.29) is 5.69 Å². The second kappa shape index (κ2) is 8.77. The number of amides is 1. The number of primary amides is 1.